The Morgan fingerprint density at radius 1 is 1.59 bits per heavy atom. The number of likely N-dealkylation sites (N-methyl/N-ethyl adjacent to an activating group) is 1. The summed E-state index contributed by atoms with van der Waals surface area (Å²) in [6.45, 7) is 1.99. The fourth-order valence-electron chi connectivity index (χ4n) is 2.23. The van der Waals surface area contributed by atoms with Crippen molar-refractivity contribution < 1.29 is 4.39 Å². The van der Waals surface area contributed by atoms with E-state index in [0.29, 0.717) is 5.69 Å². The number of anilines is 1. The molecule has 1 aromatic rings. The van der Waals surface area contributed by atoms with E-state index >= 15 is 0 Å². The van der Waals surface area contributed by atoms with E-state index in [2.05, 4.69) is 17.0 Å². The summed E-state index contributed by atoms with van der Waals surface area (Å²) in [7, 11) is 3.66. The van der Waals surface area contributed by atoms with Crippen LogP contribution in [0.2, 0.25) is 0 Å². The van der Waals surface area contributed by atoms with E-state index in [-0.39, 0.29) is 12.0 Å². The quantitative estimate of drug-likeness (QED) is 0.820. The molecule has 0 radical (unpaired) electrons. The molecule has 2 heterocycles. The van der Waals surface area contributed by atoms with Crippen molar-refractivity contribution in [3.8, 4) is 0 Å². The number of likely N-dealkylation sites (tertiary alicyclic amines) is 1. The molecule has 1 fully saturated rings. The number of piperidine rings is 1. The lowest BCUT2D eigenvalue weighted by molar-refractivity contribution is 0.254. The molecule has 1 aliphatic heterocycles. The molecule has 7 heteroatoms. The van der Waals surface area contributed by atoms with Gasteiger partial charge in [-0.1, -0.05) is 0 Å². The van der Waals surface area contributed by atoms with E-state index in [4.69, 9.17) is 5.14 Å². The van der Waals surface area contributed by atoms with E-state index in [1.54, 1.807) is 7.05 Å². The molecule has 1 aromatic heterocycles. The Morgan fingerprint density at radius 2 is 2.35 bits per heavy atom. The zero-order valence-corrected chi connectivity index (χ0v) is 11.0. The maximum absolute atomic E-state index is 13.8. The van der Waals surface area contributed by atoms with Gasteiger partial charge >= 0.3 is 0 Å². The van der Waals surface area contributed by atoms with Crippen LogP contribution < -0.4 is 9.44 Å². The standard InChI is InChI=1S/C10H18FN5S/c1-14-5-3-4-8(7-14)16(17-12)9-6-13-15(2)10(9)11/h6,8H,3-5,7,12H2,1-2H3. The Bertz CT molecular complexity index is 383. The summed E-state index contributed by atoms with van der Waals surface area (Å²) in [6, 6.07) is 0.238. The topological polar surface area (TPSA) is 50.3 Å². The number of aromatic nitrogens is 2. The number of rotatable bonds is 3. The van der Waals surface area contributed by atoms with Crippen molar-refractivity contribution in [2.24, 2.45) is 12.2 Å². The zero-order chi connectivity index (χ0) is 12.4. The molecule has 5 nitrogen and oxygen atoms in total. The number of hydrogen-bond acceptors (Lipinski definition) is 5. The maximum atomic E-state index is 13.8. The summed E-state index contributed by atoms with van der Waals surface area (Å²) in [4.78, 5) is 2.24. The van der Waals surface area contributed by atoms with Gasteiger partial charge in [0.1, 0.15) is 5.69 Å². The Balaban J connectivity index is 2.18. The molecule has 0 aromatic carbocycles. The molecular formula is C10H18FN5S. The molecule has 1 aliphatic rings. The highest BCUT2D eigenvalue weighted by molar-refractivity contribution is 7.98. The average Bonchev–Trinajstić information content (AvgIpc) is 2.63. The van der Waals surface area contributed by atoms with Crippen LogP contribution in [0.4, 0.5) is 10.1 Å². The van der Waals surface area contributed by atoms with Crippen molar-refractivity contribution >= 4 is 17.8 Å². The largest absolute Gasteiger partial charge is 0.304 e. The smallest absolute Gasteiger partial charge is 0.235 e. The summed E-state index contributed by atoms with van der Waals surface area (Å²) in [6.07, 6.45) is 3.67. The van der Waals surface area contributed by atoms with Crippen LogP contribution in [0.1, 0.15) is 12.8 Å². The molecule has 96 valence electrons. The van der Waals surface area contributed by atoms with Gasteiger partial charge in [0, 0.05) is 25.7 Å². The molecule has 1 unspecified atom stereocenters. The van der Waals surface area contributed by atoms with Crippen molar-refractivity contribution in [1.82, 2.24) is 14.7 Å². The van der Waals surface area contributed by atoms with E-state index in [1.165, 1.54) is 10.9 Å². The summed E-state index contributed by atoms with van der Waals surface area (Å²) < 4.78 is 16.9. The maximum Gasteiger partial charge on any atom is 0.235 e. The highest BCUT2D eigenvalue weighted by Gasteiger charge is 2.27. The number of nitrogens with two attached hydrogens (primary N) is 1. The highest BCUT2D eigenvalue weighted by atomic mass is 32.2. The molecule has 1 saturated heterocycles. The van der Waals surface area contributed by atoms with Crippen molar-refractivity contribution in [3.05, 3.63) is 12.1 Å². The van der Waals surface area contributed by atoms with Crippen LogP contribution in [0.25, 0.3) is 0 Å². The molecular weight excluding hydrogens is 241 g/mol. The van der Waals surface area contributed by atoms with Gasteiger partial charge in [0.05, 0.1) is 12.2 Å². The Kier molecular flexibility index (Phi) is 3.90. The molecule has 1 atom stereocenters. The molecule has 2 N–H and O–H groups in total. The molecule has 0 saturated carbocycles. The van der Waals surface area contributed by atoms with Crippen molar-refractivity contribution in [1.29, 1.82) is 0 Å². The number of hydrogen-bond donors (Lipinski definition) is 1. The first-order valence-electron chi connectivity index (χ1n) is 5.65. The van der Waals surface area contributed by atoms with Crippen LogP contribution in [0.5, 0.6) is 0 Å². The Labute approximate surface area is 105 Å². The third-order valence-electron chi connectivity index (χ3n) is 3.13. The summed E-state index contributed by atoms with van der Waals surface area (Å²) in [5.74, 6) is -0.337. The summed E-state index contributed by atoms with van der Waals surface area (Å²) in [5.41, 5.74) is 0.473. The first kappa shape index (κ1) is 12.7. The van der Waals surface area contributed by atoms with Gasteiger partial charge in [-0.2, -0.15) is 9.49 Å². The minimum Gasteiger partial charge on any atom is -0.304 e. The molecule has 0 bridgehead atoms. The van der Waals surface area contributed by atoms with Crippen LogP contribution in [0, 0.1) is 5.95 Å². The average molecular weight is 259 g/mol. The van der Waals surface area contributed by atoms with Crippen molar-refractivity contribution in [2.45, 2.75) is 18.9 Å². The first-order valence-corrected chi connectivity index (χ1v) is 6.49. The van der Waals surface area contributed by atoms with Gasteiger partial charge in [0.25, 0.3) is 0 Å². The Hall–Kier alpha value is -0.790. The van der Waals surface area contributed by atoms with Gasteiger partial charge in [-0.05, 0) is 26.4 Å². The lowest BCUT2D eigenvalue weighted by Crippen LogP contribution is -2.44. The van der Waals surface area contributed by atoms with Gasteiger partial charge in [-0.3, -0.25) is 9.44 Å². The third kappa shape index (κ3) is 2.56. The summed E-state index contributed by atoms with van der Waals surface area (Å²) in [5, 5.41) is 9.60. The van der Waals surface area contributed by atoms with Crippen LogP contribution in [-0.4, -0.2) is 40.9 Å². The van der Waals surface area contributed by atoms with Crippen molar-refractivity contribution in [3.63, 3.8) is 0 Å². The predicted molar refractivity (Wildman–Crippen MR) is 67.9 cm³/mol. The molecule has 0 amide bonds. The Morgan fingerprint density at radius 3 is 2.88 bits per heavy atom. The van der Waals surface area contributed by atoms with Gasteiger partial charge in [-0.25, -0.2) is 4.68 Å². The van der Waals surface area contributed by atoms with Crippen LogP contribution in [0.3, 0.4) is 0 Å². The van der Waals surface area contributed by atoms with E-state index in [0.717, 1.165) is 38.1 Å². The van der Waals surface area contributed by atoms with Gasteiger partial charge in [-0.15, -0.1) is 0 Å². The fraction of sp³-hybridized carbons (Fsp3) is 0.700. The normalized spacial score (nSPS) is 21.8. The molecule has 0 aliphatic carbocycles. The highest BCUT2D eigenvalue weighted by Crippen LogP contribution is 2.28. The SMILES string of the molecule is CN1CCCC(N(SN)c2cnn(C)c2F)C1. The number of halogens is 1. The van der Waals surface area contributed by atoms with Gasteiger partial charge in [0.15, 0.2) is 0 Å². The number of nitrogens with zero attached hydrogens (tertiary/aromatic N) is 4. The third-order valence-corrected chi connectivity index (χ3v) is 3.85. The second-order valence-corrected chi connectivity index (χ2v) is 5.04. The minimum absolute atomic E-state index is 0.238. The zero-order valence-electron chi connectivity index (χ0n) is 10.1. The van der Waals surface area contributed by atoms with Gasteiger partial charge in [0.2, 0.25) is 5.95 Å². The fourth-order valence-corrected chi connectivity index (χ4v) is 2.81. The minimum atomic E-state index is -0.337. The molecule has 0 spiro atoms. The number of aryl methyl sites for hydroxylation is 1. The van der Waals surface area contributed by atoms with Gasteiger partial charge < -0.3 is 4.90 Å². The van der Waals surface area contributed by atoms with Crippen LogP contribution in [0.15, 0.2) is 6.20 Å². The summed E-state index contributed by atoms with van der Waals surface area (Å²) >= 11 is 1.07. The lowest BCUT2D eigenvalue weighted by atomic mass is 10.1. The molecule has 17 heavy (non-hydrogen) atoms. The monoisotopic (exact) mass is 259 g/mol. The lowest BCUT2D eigenvalue weighted by Gasteiger charge is -2.36. The molecule has 2 rings (SSSR count). The van der Waals surface area contributed by atoms with E-state index in [9.17, 15) is 4.39 Å². The van der Waals surface area contributed by atoms with Crippen LogP contribution >= 0.6 is 12.1 Å². The van der Waals surface area contributed by atoms with Crippen LogP contribution in [-0.2, 0) is 7.05 Å². The van der Waals surface area contributed by atoms with Crippen molar-refractivity contribution in [2.75, 3.05) is 24.4 Å². The first-order chi connectivity index (χ1) is 8.13. The van der Waals surface area contributed by atoms with E-state index < -0.39 is 0 Å². The predicted octanol–water partition coefficient (Wildman–Crippen LogP) is 0.982. The second kappa shape index (κ2) is 5.24. The second-order valence-electron chi connectivity index (χ2n) is 4.43. The van der Waals surface area contributed by atoms with E-state index in [1.807, 2.05) is 4.31 Å².